The van der Waals surface area contributed by atoms with Crippen LogP contribution in [0.25, 0.3) is 0 Å². The van der Waals surface area contributed by atoms with Crippen LogP contribution in [-0.2, 0) is 6.54 Å². The molecule has 24 heavy (non-hydrogen) atoms. The SMILES string of the molecule is CC(NCc1ccc(OC(F)F)cc1)c1cccc(OC(F)F)c1. The van der Waals surface area contributed by atoms with E-state index in [1.54, 1.807) is 30.3 Å². The van der Waals surface area contributed by atoms with Crippen molar-refractivity contribution in [3.63, 3.8) is 0 Å². The van der Waals surface area contributed by atoms with E-state index in [-0.39, 0.29) is 17.5 Å². The minimum absolute atomic E-state index is 0.0960. The largest absolute Gasteiger partial charge is 0.435 e. The molecule has 0 heterocycles. The van der Waals surface area contributed by atoms with Crippen molar-refractivity contribution in [1.82, 2.24) is 5.32 Å². The van der Waals surface area contributed by atoms with Crippen LogP contribution in [0.5, 0.6) is 11.5 Å². The van der Waals surface area contributed by atoms with Gasteiger partial charge in [0.1, 0.15) is 11.5 Å². The Labute approximate surface area is 137 Å². The third-order valence-corrected chi connectivity index (χ3v) is 3.34. The highest BCUT2D eigenvalue weighted by atomic mass is 19.3. The number of benzene rings is 2. The van der Waals surface area contributed by atoms with Crippen molar-refractivity contribution in [1.29, 1.82) is 0 Å². The summed E-state index contributed by atoms with van der Waals surface area (Å²) >= 11 is 0. The van der Waals surface area contributed by atoms with Crippen molar-refractivity contribution in [3.05, 3.63) is 59.7 Å². The summed E-state index contributed by atoms with van der Waals surface area (Å²) in [6.45, 7) is -3.35. The molecule has 2 aromatic carbocycles. The number of halogens is 4. The number of rotatable bonds is 8. The van der Waals surface area contributed by atoms with E-state index in [1.807, 2.05) is 6.92 Å². The van der Waals surface area contributed by atoms with E-state index >= 15 is 0 Å². The van der Waals surface area contributed by atoms with E-state index in [0.717, 1.165) is 11.1 Å². The van der Waals surface area contributed by atoms with Gasteiger partial charge in [-0.3, -0.25) is 0 Å². The van der Waals surface area contributed by atoms with Gasteiger partial charge in [0.15, 0.2) is 0 Å². The summed E-state index contributed by atoms with van der Waals surface area (Å²) in [6, 6.07) is 12.6. The van der Waals surface area contributed by atoms with Gasteiger partial charge >= 0.3 is 13.2 Å². The lowest BCUT2D eigenvalue weighted by molar-refractivity contribution is -0.0505. The van der Waals surface area contributed by atoms with Gasteiger partial charge in [0.05, 0.1) is 0 Å². The van der Waals surface area contributed by atoms with Crippen molar-refractivity contribution >= 4 is 0 Å². The topological polar surface area (TPSA) is 30.5 Å². The summed E-state index contributed by atoms with van der Waals surface area (Å²) in [5.41, 5.74) is 1.68. The normalized spacial score (nSPS) is 12.5. The first-order valence-corrected chi connectivity index (χ1v) is 7.26. The molecular weight excluding hydrogens is 326 g/mol. The van der Waals surface area contributed by atoms with Crippen LogP contribution in [0.3, 0.4) is 0 Å². The molecule has 2 aromatic rings. The van der Waals surface area contributed by atoms with Gasteiger partial charge < -0.3 is 14.8 Å². The van der Waals surface area contributed by atoms with Gasteiger partial charge in [-0.25, -0.2) is 0 Å². The number of nitrogens with one attached hydrogen (secondary N) is 1. The van der Waals surface area contributed by atoms with Crippen LogP contribution in [0.1, 0.15) is 24.1 Å². The second-order valence-electron chi connectivity index (χ2n) is 5.08. The first kappa shape index (κ1) is 18.1. The van der Waals surface area contributed by atoms with Gasteiger partial charge in [-0.15, -0.1) is 0 Å². The van der Waals surface area contributed by atoms with Crippen molar-refractivity contribution in [2.75, 3.05) is 0 Å². The molecule has 0 fully saturated rings. The molecule has 0 amide bonds. The third-order valence-electron chi connectivity index (χ3n) is 3.34. The molecule has 1 atom stereocenters. The quantitative estimate of drug-likeness (QED) is 0.702. The molecule has 0 aliphatic rings. The standard InChI is InChI=1S/C17H17F4NO2/c1-11(13-3-2-4-15(9-13)24-17(20)21)22-10-12-5-7-14(8-6-12)23-16(18)19/h2-9,11,16-17,22H,10H2,1H3. The number of alkyl halides is 4. The Balaban J connectivity index is 1.91. The van der Waals surface area contributed by atoms with Gasteiger partial charge in [0.25, 0.3) is 0 Å². The molecule has 0 aliphatic heterocycles. The molecule has 1 unspecified atom stereocenters. The van der Waals surface area contributed by atoms with Crippen LogP contribution in [0.15, 0.2) is 48.5 Å². The van der Waals surface area contributed by atoms with E-state index in [1.165, 1.54) is 18.2 Å². The predicted molar refractivity (Wildman–Crippen MR) is 81.4 cm³/mol. The minimum Gasteiger partial charge on any atom is -0.435 e. The zero-order chi connectivity index (χ0) is 17.5. The van der Waals surface area contributed by atoms with Crippen LogP contribution in [0, 0.1) is 0 Å². The van der Waals surface area contributed by atoms with Crippen LogP contribution in [0.4, 0.5) is 17.6 Å². The fourth-order valence-corrected chi connectivity index (χ4v) is 2.14. The van der Waals surface area contributed by atoms with E-state index in [2.05, 4.69) is 14.8 Å². The monoisotopic (exact) mass is 343 g/mol. The molecule has 0 spiro atoms. The Hall–Kier alpha value is -2.28. The average Bonchev–Trinajstić information content (AvgIpc) is 2.53. The molecular formula is C17H17F4NO2. The maximum absolute atomic E-state index is 12.2. The summed E-state index contributed by atoms with van der Waals surface area (Å²) in [6.07, 6.45) is 0. The van der Waals surface area contributed by atoms with Crippen molar-refractivity contribution in [2.45, 2.75) is 32.7 Å². The van der Waals surface area contributed by atoms with Crippen molar-refractivity contribution < 1.29 is 27.0 Å². The van der Waals surface area contributed by atoms with E-state index in [4.69, 9.17) is 0 Å². The lowest BCUT2D eigenvalue weighted by Crippen LogP contribution is -2.18. The fourth-order valence-electron chi connectivity index (χ4n) is 2.14. The third kappa shape index (κ3) is 5.73. The number of hydrogen-bond donors (Lipinski definition) is 1. The Morgan fingerprint density at radius 1 is 0.875 bits per heavy atom. The van der Waals surface area contributed by atoms with Crippen LogP contribution < -0.4 is 14.8 Å². The summed E-state index contributed by atoms with van der Waals surface area (Å²) in [5.74, 6) is 0.197. The van der Waals surface area contributed by atoms with E-state index in [0.29, 0.717) is 6.54 Å². The summed E-state index contributed by atoms with van der Waals surface area (Å²) in [7, 11) is 0. The molecule has 130 valence electrons. The van der Waals surface area contributed by atoms with Gasteiger partial charge in [-0.2, -0.15) is 17.6 Å². The molecule has 0 saturated carbocycles. The number of ether oxygens (including phenoxy) is 2. The van der Waals surface area contributed by atoms with E-state index < -0.39 is 13.2 Å². The Morgan fingerprint density at radius 2 is 1.50 bits per heavy atom. The first-order valence-electron chi connectivity index (χ1n) is 7.26. The van der Waals surface area contributed by atoms with Gasteiger partial charge in [0, 0.05) is 12.6 Å². The molecule has 2 rings (SSSR count). The van der Waals surface area contributed by atoms with Gasteiger partial charge in [-0.05, 0) is 42.3 Å². The lowest BCUT2D eigenvalue weighted by atomic mass is 10.1. The van der Waals surface area contributed by atoms with Crippen LogP contribution in [0.2, 0.25) is 0 Å². The maximum atomic E-state index is 12.2. The molecule has 0 aromatic heterocycles. The van der Waals surface area contributed by atoms with Gasteiger partial charge in [0.2, 0.25) is 0 Å². The number of hydrogen-bond acceptors (Lipinski definition) is 3. The molecule has 0 aliphatic carbocycles. The lowest BCUT2D eigenvalue weighted by Gasteiger charge is -2.16. The van der Waals surface area contributed by atoms with E-state index in [9.17, 15) is 17.6 Å². The fraction of sp³-hybridized carbons (Fsp3) is 0.294. The summed E-state index contributed by atoms with van der Waals surface area (Å²) in [4.78, 5) is 0. The average molecular weight is 343 g/mol. The van der Waals surface area contributed by atoms with Crippen LogP contribution >= 0.6 is 0 Å². The van der Waals surface area contributed by atoms with Crippen molar-refractivity contribution in [3.8, 4) is 11.5 Å². The maximum Gasteiger partial charge on any atom is 0.387 e. The zero-order valence-electron chi connectivity index (χ0n) is 12.9. The van der Waals surface area contributed by atoms with Crippen molar-refractivity contribution in [2.24, 2.45) is 0 Å². The molecule has 7 heteroatoms. The molecule has 3 nitrogen and oxygen atoms in total. The smallest absolute Gasteiger partial charge is 0.387 e. The highest BCUT2D eigenvalue weighted by Crippen LogP contribution is 2.21. The Morgan fingerprint density at radius 3 is 2.12 bits per heavy atom. The summed E-state index contributed by atoms with van der Waals surface area (Å²) in [5, 5.41) is 3.22. The van der Waals surface area contributed by atoms with Crippen LogP contribution in [-0.4, -0.2) is 13.2 Å². The molecule has 0 bridgehead atoms. The molecule has 1 N–H and O–H groups in total. The zero-order valence-corrected chi connectivity index (χ0v) is 12.9. The molecule has 0 radical (unpaired) electrons. The second kappa shape index (κ2) is 8.54. The predicted octanol–water partition coefficient (Wildman–Crippen LogP) is 4.74. The first-order chi connectivity index (χ1) is 11.4. The van der Waals surface area contributed by atoms with Gasteiger partial charge in [-0.1, -0.05) is 24.3 Å². The molecule has 0 saturated heterocycles. The second-order valence-corrected chi connectivity index (χ2v) is 5.08. The highest BCUT2D eigenvalue weighted by molar-refractivity contribution is 5.31. The highest BCUT2D eigenvalue weighted by Gasteiger charge is 2.09. The Kier molecular flexibility index (Phi) is 6.43. The minimum atomic E-state index is -2.86. The Bertz CT molecular complexity index is 635. The summed E-state index contributed by atoms with van der Waals surface area (Å²) < 4.78 is 57.3.